The Labute approximate surface area is 196 Å². The van der Waals surface area contributed by atoms with Crippen LogP contribution in [-0.4, -0.2) is 41.4 Å². The van der Waals surface area contributed by atoms with Gasteiger partial charge in [0, 0.05) is 6.20 Å². The number of carbonyl (C=O) groups is 1. The first-order valence-corrected chi connectivity index (χ1v) is 12.0. The van der Waals surface area contributed by atoms with Crippen molar-refractivity contribution in [2.75, 3.05) is 13.7 Å². The summed E-state index contributed by atoms with van der Waals surface area (Å²) in [7, 11) is -2.80. The third-order valence-corrected chi connectivity index (χ3v) is 6.70. The summed E-state index contributed by atoms with van der Waals surface area (Å²) in [6.07, 6.45) is 3.17. The molecule has 1 aromatic carbocycles. The van der Waals surface area contributed by atoms with Crippen LogP contribution in [0.15, 0.2) is 58.3 Å². The molecule has 2 aromatic rings. The van der Waals surface area contributed by atoms with Crippen molar-refractivity contribution in [1.82, 2.24) is 14.6 Å². The van der Waals surface area contributed by atoms with E-state index < -0.39 is 43.3 Å². The van der Waals surface area contributed by atoms with E-state index in [0.29, 0.717) is 3.57 Å². The van der Waals surface area contributed by atoms with Crippen LogP contribution in [0.5, 0.6) is 5.75 Å². The predicted octanol–water partition coefficient (Wildman–Crippen LogP) is 1.95. The molecule has 4 atom stereocenters. The number of carbonyl (C=O) groups excluding carboxylic acids is 1. The summed E-state index contributed by atoms with van der Waals surface area (Å²) in [5.41, 5.74) is -1.11. The molecule has 1 aliphatic rings. The number of nitrogens with zero attached hydrogens (tertiary/aromatic N) is 1. The van der Waals surface area contributed by atoms with E-state index in [1.807, 2.05) is 22.6 Å². The molecule has 3 rings (SSSR count). The highest BCUT2D eigenvalue weighted by molar-refractivity contribution is 14.1. The van der Waals surface area contributed by atoms with Gasteiger partial charge in [-0.05, 0) is 47.7 Å². The SMILES string of the molecule is COC(=O)C(C)NP(=O)(OC[C@@H]1C=C[C@H](n2cc(I)c(=O)[nH]c2=O)O1)Oc1ccccc1. The molecular formula is C19H21IN3O8P. The first-order valence-electron chi connectivity index (χ1n) is 9.40. The fraction of sp³-hybridized carbons (Fsp3) is 0.316. The number of hydrogen-bond acceptors (Lipinski definition) is 8. The van der Waals surface area contributed by atoms with Gasteiger partial charge in [-0.2, -0.15) is 5.09 Å². The average molecular weight is 577 g/mol. The second-order valence-corrected chi connectivity index (χ2v) is 9.52. The first kappa shape index (κ1) is 24.4. The topological polar surface area (TPSA) is 138 Å². The number of benzene rings is 1. The van der Waals surface area contributed by atoms with Crippen molar-refractivity contribution in [3.63, 3.8) is 0 Å². The molecule has 0 aliphatic carbocycles. The van der Waals surface area contributed by atoms with Gasteiger partial charge in [0.05, 0.1) is 17.3 Å². The van der Waals surface area contributed by atoms with E-state index in [-0.39, 0.29) is 12.4 Å². The molecule has 2 heterocycles. The van der Waals surface area contributed by atoms with Gasteiger partial charge in [-0.15, -0.1) is 0 Å². The van der Waals surface area contributed by atoms with Crippen LogP contribution in [0.4, 0.5) is 0 Å². The molecule has 11 nitrogen and oxygen atoms in total. The molecule has 13 heteroatoms. The number of aromatic nitrogens is 2. The highest BCUT2D eigenvalue weighted by atomic mass is 127. The number of methoxy groups -OCH3 is 1. The predicted molar refractivity (Wildman–Crippen MR) is 122 cm³/mol. The maximum Gasteiger partial charge on any atom is 0.459 e. The normalized spacial score (nSPS) is 20.5. The third-order valence-electron chi connectivity index (χ3n) is 4.29. The minimum Gasteiger partial charge on any atom is -0.468 e. The molecule has 0 saturated heterocycles. The molecule has 32 heavy (non-hydrogen) atoms. The van der Waals surface area contributed by atoms with E-state index in [0.717, 1.165) is 0 Å². The summed E-state index contributed by atoms with van der Waals surface area (Å²) < 4.78 is 36.3. The van der Waals surface area contributed by atoms with Crippen molar-refractivity contribution < 1.29 is 27.9 Å². The largest absolute Gasteiger partial charge is 0.468 e. The first-order chi connectivity index (χ1) is 15.2. The molecular weight excluding hydrogens is 556 g/mol. The zero-order chi connectivity index (χ0) is 23.3. The third kappa shape index (κ3) is 6.17. The van der Waals surface area contributed by atoms with Gasteiger partial charge in [0.25, 0.3) is 5.56 Å². The number of para-hydroxylation sites is 1. The Balaban J connectivity index is 1.69. The minimum absolute atomic E-state index is 0.201. The van der Waals surface area contributed by atoms with E-state index in [2.05, 4.69) is 14.8 Å². The Hall–Kier alpha value is -2.25. The Morgan fingerprint density at radius 2 is 2.03 bits per heavy atom. The lowest BCUT2D eigenvalue weighted by molar-refractivity contribution is -0.142. The fourth-order valence-corrected chi connectivity index (χ4v) is 4.68. The van der Waals surface area contributed by atoms with Crippen LogP contribution in [0.1, 0.15) is 13.2 Å². The van der Waals surface area contributed by atoms with Crippen LogP contribution in [0.25, 0.3) is 0 Å². The average Bonchev–Trinajstić information content (AvgIpc) is 3.23. The van der Waals surface area contributed by atoms with Gasteiger partial charge in [0.2, 0.25) is 0 Å². The van der Waals surface area contributed by atoms with Gasteiger partial charge < -0.3 is 14.0 Å². The monoisotopic (exact) mass is 577 g/mol. The number of aromatic amines is 1. The van der Waals surface area contributed by atoms with Crippen molar-refractivity contribution in [2.24, 2.45) is 0 Å². The van der Waals surface area contributed by atoms with Gasteiger partial charge in [-0.3, -0.25) is 23.7 Å². The highest BCUT2D eigenvalue weighted by Crippen LogP contribution is 2.45. The summed E-state index contributed by atoms with van der Waals surface area (Å²) in [6, 6.07) is 7.36. The Morgan fingerprint density at radius 1 is 1.31 bits per heavy atom. The number of esters is 1. The van der Waals surface area contributed by atoms with Crippen molar-refractivity contribution in [3.8, 4) is 5.75 Å². The number of halogens is 1. The second-order valence-electron chi connectivity index (χ2n) is 6.67. The number of rotatable bonds is 9. The fourth-order valence-electron chi connectivity index (χ4n) is 2.74. The molecule has 0 amide bonds. The maximum atomic E-state index is 13.3. The Morgan fingerprint density at radius 3 is 2.72 bits per heavy atom. The van der Waals surface area contributed by atoms with Crippen LogP contribution in [0.2, 0.25) is 0 Å². The molecule has 2 N–H and O–H groups in total. The Bertz CT molecular complexity index is 1150. The van der Waals surface area contributed by atoms with Crippen LogP contribution >= 0.6 is 30.3 Å². The molecule has 0 spiro atoms. The molecule has 1 aliphatic heterocycles. The number of ether oxygens (including phenoxy) is 2. The maximum absolute atomic E-state index is 13.3. The minimum atomic E-state index is -4.01. The summed E-state index contributed by atoms with van der Waals surface area (Å²) in [5.74, 6) is -0.370. The van der Waals surface area contributed by atoms with E-state index in [4.69, 9.17) is 13.8 Å². The van der Waals surface area contributed by atoms with Crippen LogP contribution in [0, 0.1) is 3.57 Å². The summed E-state index contributed by atoms with van der Waals surface area (Å²) in [4.78, 5) is 37.6. The number of H-pyrrole nitrogens is 1. The number of hydrogen-bond donors (Lipinski definition) is 2. The van der Waals surface area contributed by atoms with Crippen molar-refractivity contribution in [1.29, 1.82) is 0 Å². The van der Waals surface area contributed by atoms with E-state index in [1.54, 1.807) is 42.5 Å². The molecule has 0 radical (unpaired) electrons. The second kappa shape index (κ2) is 10.6. The van der Waals surface area contributed by atoms with Gasteiger partial charge >= 0.3 is 19.4 Å². The zero-order valence-electron chi connectivity index (χ0n) is 17.1. The Kier molecular flexibility index (Phi) is 8.06. The van der Waals surface area contributed by atoms with Crippen LogP contribution in [0.3, 0.4) is 0 Å². The van der Waals surface area contributed by atoms with Gasteiger partial charge in [-0.25, -0.2) is 9.36 Å². The van der Waals surface area contributed by atoms with Crippen LogP contribution < -0.4 is 20.9 Å². The lowest BCUT2D eigenvalue weighted by Crippen LogP contribution is -2.35. The zero-order valence-corrected chi connectivity index (χ0v) is 20.1. The summed E-state index contributed by atoms with van der Waals surface area (Å²) in [5, 5.41) is 2.54. The molecule has 0 fully saturated rings. The van der Waals surface area contributed by atoms with Crippen molar-refractivity contribution >= 4 is 36.3 Å². The molecule has 172 valence electrons. The summed E-state index contributed by atoms with van der Waals surface area (Å²) >= 11 is 1.81. The molecule has 1 aromatic heterocycles. The standard InChI is InChI=1S/C19H21IN3O8P/c1-12(18(25)28-2)22-32(27,31-13-6-4-3-5-7-13)29-11-14-8-9-16(30-14)23-10-15(20)17(24)21-19(23)26/h3-10,12,14,16H,11H2,1-2H3,(H,22,27)(H,21,24,26)/t12?,14-,16+,32?/m0/s1. The lowest BCUT2D eigenvalue weighted by atomic mass is 10.3. The summed E-state index contributed by atoms with van der Waals surface area (Å²) in [6.45, 7) is 1.26. The molecule has 2 unspecified atom stereocenters. The molecule has 0 saturated carbocycles. The van der Waals surface area contributed by atoms with Gasteiger partial charge in [-0.1, -0.05) is 24.3 Å². The van der Waals surface area contributed by atoms with Crippen LogP contribution in [-0.2, 0) is 23.4 Å². The number of nitrogens with one attached hydrogen (secondary N) is 2. The quantitative estimate of drug-likeness (QED) is 0.198. The van der Waals surface area contributed by atoms with Crippen molar-refractivity contribution in [2.45, 2.75) is 25.3 Å². The lowest BCUT2D eigenvalue weighted by Gasteiger charge is -2.24. The van der Waals surface area contributed by atoms with Crippen molar-refractivity contribution in [3.05, 3.63) is 73.1 Å². The highest BCUT2D eigenvalue weighted by Gasteiger charge is 2.34. The van der Waals surface area contributed by atoms with Gasteiger partial charge in [0.1, 0.15) is 17.9 Å². The van der Waals surface area contributed by atoms with E-state index in [9.17, 15) is 18.9 Å². The molecule has 0 bridgehead atoms. The van der Waals surface area contributed by atoms with E-state index >= 15 is 0 Å². The van der Waals surface area contributed by atoms with E-state index in [1.165, 1.54) is 24.8 Å². The van der Waals surface area contributed by atoms with Gasteiger partial charge in [0.15, 0.2) is 6.23 Å². The smallest absolute Gasteiger partial charge is 0.459 e.